The van der Waals surface area contributed by atoms with Gasteiger partial charge >= 0.3 is 0 Å². The first-order valence-corrected chi connectivity index (χ1v) is 4.72. The predicted octanol–water partition coefficient (Wildman–Crippen LogP) is -0.0693. The van der Waals surface area contributed by atoms with Crippen LogP contribution >= 0.6 is 0 Å². The molecular weight excluding hydrogens is 232 g/mol. The van der Waals surface area contributed by atoms with Crippen molar-refractivity contribution in [2.45, 2.75) is 6.04 Å². The number of anilines is 1. The van der Waals surface area contributed by atoms with Gasteiger partial charge in [-0.3, -0.25) is 0 Å². The van der Waals surface area contributed by atoms with Crippen molar-refractivity contribution in [1.82, 2.24) is 4.98 Å². The van der Waals surface area contributed by atoms with E-state index in [-0.39, 0.29) is 12.4 Å². The molecule has 0 saturated carbocycles. The molecule has 96 valence electrons. The van der Waals surface area contributed by atoms with Crippen LogP contribution in [-0.2, 0) is 4.79 Å². The Morgan fingerprint density at radius 3 is 2.47 bits per heavy atom. The molecule has 3 N–H and O–H groups in total. The number of halogens is 2. The average Bonchev–Trinajstić information content (AvgIpc) is 2.28. The van der Waals surface area contributed by atoms with Gasteiger partial charge in [-0.25, -0.2) is 13.8 Å². The number of aliphatic hydroxyl groups excluding tert-OH is 1. The summed E-state index contributed by atoms with van der Waals surface area (Å²) in [4.78, 5) is 14.5. The van der Waals surface area contributed by atoms with Crippen molar-refractivity contribution in [2.24, 2.45) is 5.73 Å². The molecule has 7 heteroatoms. The number of aldehydes is 1. The van der Waals surface area contributed by atoms with Crippen molar-refractivity contribution in [3.63, 3.8) is 0 Å². The van der Waals surface area contributed by atoms with Crippen LogP contribution in [0.5, 0.6) is 0 Å². The average molecular weight is 247 g/mol. The first-order valence-electron chi connectivity index (χ1n) is 4.72. The molecule has 0 aliphatic heterocycles. The molecule has 0 spiro atoms. The van der Waals surface area contributed by atoms with Crippen molar-refractivity contribution in [3.05, 3.63) is 23.9 Å². The van der Waals surface area contributed by atoms with E-state index in [0.29, 0.717) is 6.29 Å². The first-order chi connectivity index (χ1) is 7.92. The third-order valence-corrected chi connectivity index (χ3v) is 1.60. The van der Waals surface area contributed by atoms with Gasteiger partial charge in [-0.05, 0) is 0 Å². The van der Waals surface area contributed by atoms with E-state index < -0.39 is 17.7 Å². The number of carbonyl (C=O) groups is 1. The molecule has 0 bridgehead atoms. The molecule has 17 heavy (non-hydrogen) atoms. The number of nitrogens with two attached hydrogens (primary N) is 1. The van der Waals surface area contributed by atoms with Gasteiger partial charge in [0.15, 0.2) is 11.6 Å². The fraction of sp³-hybridized carbons (Fsp3) is 0.400. The minimum absolute atomic E-state index is 0.145. The summed E-state index contributed by atoms with van der Waals surface area (Å²) < 4.78 is 25.0. The maximum absolute atomic E-state index is 12.8. The molecule has 0 aliphatic rings. The summed E-state index contributed by atoms with van der Waals surface area (Å²) in [5.41, 5.74) is 4.85. The predicted molar refractivity (Wildman–Crippen MR) is 59.6 cm³/mol. The summed E-state index contributed by atoms with van der Waals surface area (Å²) in [7, 11) is 3.28. The third-order valence-electron chi connectivity index (χ3n) is 1.60. The van der Waals surface area contributed by atoms with E-state index in [2.05, 4.69) is 4.98 Å². The van der Waals surface area contributed by atoms with Crippen LogP contribution in [0.4, 0.5) is 14.6 Å². The van der Waals surface area contributed by atoms with Crippen LogP contribution in [0, 0.1) is 11.6 Å². The SMILES string of the molecule is CN(C)c1ncc(F)cc1F.NC(C=O)CO. The highest BCUT2D eigenvalue weighted by Crippen LogP contribution is 2.12. The van der Waals surface area contributed by atoms with E-state index in [0.717, 1.165) is 12.3 Å². The lowest BCUT2D eigenvalue weighted by atomic mass is 10.4. The molecule has 1 unspecified atom stereocenters. The zero-order chi connectivity index (χ0) is 13.4. The lowest BCUT2D eigenvalue weighted by Gasteiger charge is -2.10. The van der Waals surface area contributed by atoms with Crippen LogP contribution in [0.1, 0.15) is 0 Å². The van der Waals surface area contributed by atoms with Crippen molar-refractivity contribution >= 4 is 12.1 Å². The summed E-state index contributed by atoms with van der Waals surface area (Å²) >= 11 is 0. The Morgan fingerprint density at radius 1 is 1.59 bits per heavy atom. The van der Waals surface area contributed by atoms with Gasteiger partial charge in [-0.15, -0.1) is 0 Å². The summed E-state index contributed by atoms with van der Waals surface area (Å²) in [6.07, 6.45) is 1.48. The molecule has 5 nitrogen and oxygen atoms in total. The van der Waals surface area contributed by atoms with Gasteiger partial charge in [0, 0.05) is 20.2 Å². The molecule has 0 aliphatic carbocycles. The molecular formula is C10H15F2N3O2. The van der Waals surface area contributed by atoms with Crippen LogP contribution in [0.3, 0.4) is 0 Å². The van der Waals surface area contributed by atoms with Gasteiger partial charge in [0.1, 0.15) is 12.1 Å². The largest absolute Gasteiger partial charge is 0.394 e. The first kappa shape index (κ1) is 15.4. The Morgan fingerprint density at radius 2 is 2.18 bits per heavy atom. The summed E-state index contributed by atoms with van der Waals surface area (Å²) in [5, 5.41) is 7.98. The second kappa shape index (κ2) is 7.64. The lowest BCUT2D eigenvalue weighted by molar-refractivity contribution is -0.109. The van der Waals surface area contributed by atoms with Crippen molar-refractivity contribution in [2.75, 3.05) is 25.6 Å². The van der Waals surface area contributed by atoms with Crippen molar-refractivity contribution in [1.29, 1.82) is 0 Å². The van der Waals surface area contributed by atoms with E-state index >= 15 is 0 Å². The number of hydrogen-bond donors (Lipinski definition) is 2. The second-order valence-corrected chi connectivity index (χ2v) is 3.34. The topological polar surface area (TPSA) is 79.5 Å². The Kier molecular flexibility index (Phi) is 6.92. The number of aromatic nitrogens is 1. The van der Waals surface area contributed by atoms with Crippen molar-refractivity contribution < 1.29 is 18.7 Å². The number of hydrogen-bond acceptors (Lipinski definition) is 5. The van der Waals surface area contributed by atoms with E-state index in [1.807, 2.05) is 0 Å². The highest BCUT2D eigenvalue weighted by molar-refractivity contribution is 5.56. The fourth-order valence-electron chi connectivity index (χ4n) is 0.779. The number of aliphatic hydroxyl groups is 1. The zero-order valence-electron chi connectivity index (χ0n) is 9.60. The Balaban J connectivity index is 0.000000366. The highest BCUT2D eigenvalue weighted by atomic mass is 19.1. The van der Waals surface area contributed by atoms with E-state index in [9.17, 15) is 13.6 Å². The Bertz CT molecular complexity index is 361. The highest BCUT2D eigenvalue weighted by Gasteiger charge is 2.05. The van der Waals surface area contributed by atoms with Crippen LogP contribution < -0.4 is 10.6 Å². The maximum Gasteiger partial charge on any atom is 0.168 e. The number of carbonyl (C=O) groups excluding carboxylic acids is 1. The Hall–Kier alpha value is -1.60. The maximum atomic E-state index is 12.8. The zero-order valence-corrected chi connectivity index (χ0v) is 9.60. The molecule has 1 heterocycles. The number of rotatable bonds is 3. The molecule has 0 aromatic carbocycles. The van der Waals surface area contributed by atoms with Gasteiger partial charge in [-0.1, -0.05) is 0 Å². The van der Waals surface area contributed by atoms with Crippen LogP contribution in [0.25, 0.3) is 0 Å². The van der Waals surface area contributed by atoms with Crippen LogP contribution in [0.2, 0.25) is 0 Å². The molecule has 1 rings (SSSR count). The fourth-order valence-corrected chi connectivity index (χ4v) is 0.779. The van der Waals surface area contributed by atoms with E-state index in [1.54, 1.807) is 14.1 Å². The molecule has 0 saturated heterocycles. The smallest absolute Gasteiger partial charge is 0.168 e. The monoisotopic (exact) mass is 247 g/mol. The van der Waals surface area contributed by atoms with Gasteiger partial charge in [0.05, 0.1) is 18.8 Å². The molecule has 1 atom stereocenters. The molecule has 1 aromatic rings. The molecule has 0 amide bonds. The van der Waals surface area contributed by atoms with Gasteiger partial charge in [0.2, 0.25) is 0 Å². The van der Waals surface area contributed by atoms with Gasteiger partial charge < -0.3 is 20.5 Å². The van der Waals surface area contributed by atoms with E-state index in [4.69, 9.17) is 10.8 Å². The van der Waals surface area contributed by atoms with Crippen LogP contribution in [0.15, 0.2) is 12.3 Å². The van der Waals surface area contributed by atoms with Gasteiger partial charge in [-0.2, -0.15) is 0 Å². The quantitative estimate of drug-likeness (QED) is 0.731. The lowest BCUT2D eigenvalue weighted by Crippen LogP contribution is -2.25. The summed E-state index contributed by atoms with van der Waals surface area (Å²) in [6, 6.07) is 0.118. The number of nitrogens with zero attached hydrogens (tertiary/aromatic N) is 2. The van der Waals surface area contributed by atoms with Gasteiger partial charge in [0.25, 0.3) is 0 Å². The Labute approximate surface area is 97.9 Å². The van der Waals surface area contributed by atoms with Crippen molar-refractivity contribution in [3.8, 4) is 0 Å². The van der Waals surface area contributed by atoms with E-state index in [1.165, 1.54) is 4.90 Å². The minimum atomic E-state index is -0.690. The third kappa shape index (κ3) is 5.88. The normalized spacial score (nSPS) is 11.2. The summed E-state index contributed by atoms with van der Waals surface area (Å²) in [5.74, 6) is -1.16. The summed E-state index contributed by atoms with van der Waals surface area (Å²) in [6.45, 7) is -0.260. The standard InChI is InChI=1S/C7H8F2N2.C3H7NO2/c1-11(2)7-6(9)3-5(8)4-10-7;4-3(1-5)2-6/h3-4H,1-2H3;1,3,6H,2,4H2. The molecule has 0 radical (unpaired) electrons. The molecule has 0 fully saturated rings. The van der Waals surface area contributed by atoms with Crippen LogP contribution in [-0.4, -0.2) is 43.1 Å². The number of pyridine rings is 1. The molecule has 1 aromatic heterocycles. The minimum Gasteiger partial charge on any atom is -0.394 e. The second-order valence-electron chi connectivity index (χ2n) is 3.34.